The van der Waals surface area contributed by atoms with Crippen LogP contribution in [0.2, 0.25) is 0 Å². The smallest absolute Gasteiger partial charge is 0.339 e. The van der Waals surface area contributed by atoms with Crippen molar-refractivity contribution < 1.29 is 14.6 Å². The van der Waals surface area contributed by atoms with Crippen molar-refractivity contribution in [3.8, 4) is 5.75 Å². The molecule has 0 saturated carbocycles. The van der Waals surface area contributed by atoms with Gasteiger partial charge in [-0.2, -0.15) is 0 Å². The van der Waals surface area contributed by atoms with Crippen molar-refractivity contribution in [3.05, 3.63) is 64.7 Å². The Morgan fingerprint density at radius 3 is 2.45 bits per heavy atom. The maximum atomic E-state index is 11.4. The summed E-state index contributed by atoms with van der Waals surface area (Å²) in [6.45, 7) is 4.15. The first-order valence-corrected chi connectivity index (χ1v) is 6.66. The number of carbonyl (C=O) groups is 1. The second kappa shape index (κ2) is 6.24. The lowest BCUT2D eigenvalue weighted by atomic mass is 10.0. The van der Waals surface area contributed by atoms with Crippen molar-refractivity contribution in [2.75, 3.05) is 0 Å². The van der Waals surface area contributed by atoms with Crippen LogP contribution in [0.5, 0.6) is 5.75 Å². The van der Waals surface area contributed by atoms with Crippen LogP contribution in [0.4, 0.5) is 0 Å². The maximum absolute atomic E-state index is 11.4. The first-order chi connectivity index (χ1) is 9.63. The van der Waals surface area contributed by atoms with Gasteiger partial charge in [-0.15, -0.1) is 0 Å². The van der Waals surface area contributed by atoms with Crippen molar-refractivity contribution in [2.45, 2.75) is 26.9 Å². The molecule has 104 valence electrons. The summed E-state index contributed by atoms with van der Waals surface area (Å²) in [6, 6.07) is 13.5. The minimum atomic E-state index is -0.944. The molecular formula is C17H18O3. The summed E-state index contributed by atoms with van der Waals surface area (Å²) in [5, 5.41) is 9.38. The maximum Gasteiger partial charge on any atom is 0.339 e. The molecule has 0 atom stereocenters. The second-order valence-corrected chi connectivity index (χ2v) is 4.68. The Bertz CT molecular complexity index is 603. The van der Waals surface area contributed by atoms with E-state index >= 15 is 0 Å². The van der Waals surface area contributed by atoms with Crippen LogP contribution in [-0.2, 0) is 13.0 Å². The lowest BCUT2D eigenvalue weighted by Crippen LogP contribution is -2.08. The first kappa shape index (κ1) is 14.1. The molecule has 2 aromatic carbocycles. The van der Waals surface area contributed by atoms with Crippen molar-refractivity contribution in [1.82, 2.24) is 0 Å². The summed E-state index contributed by atoms with van der Waals surface area (Å²) in [6.07, 6.45) is 0.741. The van der Waals surface area contributed by atoms with Gasteiger partial charge in [0.1, 0.15) is 17.9 Å². The van der Waals surface area contributed by atoms with Gasteiger partial charge in [-0.05, 0) is 30.0 Å². The molecule has 0 aromatic heterocycles. The Morgan fingerprint density at radius 1 is 1.15 bits per heavy atom. The molecule has 1 N–H and O–H groups in total. The summed E-state index contributed by atoms with van der Waals surface area (Å²) in [7, 11) is 0. The molecule has 3 nitrogen and oxygen atoms in total. The van der Waals surface area contributed by atoms with E-state index in [4.69, 9.17) is 4.74 Å². The highest BCUT2D eigenvalue weighted by molar-refractivity contribution is 5.93. The summed E-state index contributed by atoms with van der Waals surface area (Å²) in [4.78, 5) is 11.4. The first-order valence-electron chi connectivity index (χ1n) is 6.66. The van der Waals surface area contributed by atoms with Gasteiger partial charge in [0.05, 0.1) is 0 Å². The molecule has 0 aliphatic rings. The van der Waals surface area contributed by atoms with Gasteiger partial charge in [-0.25, -0.2) is 4.79 Å². The average Bonchev–Trinajstić information content (AvgIpc) is 2.45. The van der Waals surface area contributed by atoms with E-state index in [1.165, 1.54) is 0 Å². The predicted octanol–water partition coefficient (Wildman–Crippen LogP) is 3.83. The average molecular weight is 270 g/mol. The van der Waals surface area contributed by atoms with E-state index < -0.39 is 5.97 Å². The van der Waals surface area contributed by atoms with Crippen LogP contribution in [-0.4, -0.2) is 11.1 Å². The van der Waals surface area contributed by atoms with Crippen molar-refractivity contribution in [3.63, 3.8) is 0 Å². The van der Waals surface area contributed by atoms with Crippen LogP contribution >= 0.6 is 0 Å². The van der Waals surface area contributed by atoms with E-state index in [0.717, 1.165) is 23.1 Å². The molecule has 0 bridgehead atoms. The highest BCUT2D eigenvalue weighted by Crippen LogP contribution is 2.28. The van der Waals surface area contributed by atoms with Crippen LogP contribution in [0.15, 0.2) is 42.5 Å². The second-order valence-electron chi connectivity index (χ2n) is 4.68. The highest BCUT2D eigenvalue weighted by Gasteiger charge is 2.18. The number of aryl methyl sites for hydroxylation is 2. The molecule has 0 fully saturated rings. The zero-order valence-corrected chi connectivity index (χ0v) is 11.7. The van der Waals surface area contributed by atoms with E-state index in [-0.39, 0.29) is 5.56 Å². The van der Waals surface area contributed by atoms with Gasteiger partial charge in [-0.1, -0.05) is 49.4 Å². The van der Waals surface area contributed by atoms with Gasteiger partial charge in [0.25, 0.3) is 0 Å². The van der Waals surface area contributed by atoms with Gasteiger partial charge in [0.2, 0.25) is 0 Å². The fraction of sp³-hybridized carbons (Fsp3) is 0.235. The van der Waals surface area contributed by atoms with Crippen LogP contribution in [0.3, 0.4) is 0 Å². The molecule has 2 rings (SSSR count). The fourth-order valence-corrected chi connectivity index (χ4v) is 2.16. The number of hydrogen-bond donors (Lipinski definition) is 1. The van der Waals surface area contributed by atoms with Crippen molar-refractivity contribution in [2.24, 2.45) is 0 Å². The van der Waals surface area contributed by atoms with Crippen LogP contribution in [0, 0.1) is 6.92 Å². The monoisotopic (exact) mass is 270 g/mol. The molecule has 0 amide bonds. The molecule has 0 unspecified atom stereocenters. The fourth-order valence-electron chi connectivity index (χ4n) is 2.16. The number of aromatic carboxylic acids is 1. The Kier molecular flexibility index (Phi) is 4.41. The van der Waals surface area contributed by atoms with Crippen LogP contribution < -0.4 is 4.74 Å². The van der Waals surface area contributed by atoms with E-state index in [0.29, 0.717) is 12.4 Å². The van der Waals surface area contributed by atoms with E-state index in [1.54, 1.807) is 6.92 Å². The standard InChI is InChI=1S/C17H18O3/c1-3-14-10-9-12(2)15(17(18)19)16(14)20-11-13-7-5-4-6-8-13/h4-10H,3,11H2,1-2H3,(H,18,19). The Labute approximate surface area is 118 Å². The lowest BCUT2D eigenvalue weighted by molar-refractivity contribution is 0.0690. The Hall–Kier alpha value is -2.29. The topological polar surface area (TPSA) is 46.5 Å². The van der Waals surface area contributed by atoms with Gasteiger partial charge in [-0.3, -0.25) is 0 Å². The molecule has 2 aromatic rings. The van der Waals surface area contributed by atoms with Crippen molar-refractivity contribution >= 4 is 5.97 Å². The lowest BCUT2D eigenvalue weighted by Gasteiger charge is -2.15. The molecule has 20 heavy (non-hydrogen) atoms. The quantitative estimate of drug-likeness (QED) is 0.898. The normalized spacial score (nSPS) is 10.3. The molecule has 0 saturated heterocycles. The van der Waals surface area contributed by atoms with Gasteiger partial charge in [0, 0.05) is 0 Å². The molecule has 0 heterocycles. The van der Waals surface area contributed by atoms with E-state index in [2.05, 4.69) is 0 Å². The number of hydrogen-bond acceptors (Lipinski definition) is 2. The number of carboxylic acid groups (broad SMARTS) is 1. The van der Waals surface area contributed by atoms with E-state index in [9.17, 15) is 9.90 Å². The molecule has 0 spiro atoms. The summed E-state index contributed by atoms with van der Waals surface area (Å²) in [5.41, 5.74) is 2.93. The minimum absolute atomic E-state index is 0.264. The number of rotatable bonds is 5. The van der Waals surface area contributed by atoms with Crippen LogP contribution in [0.1, 0.15) is 34.0 Å². The van der Waals surface area contributed by atoms with E-state index in [1.807, 2.05) is 49.4 Å². The molecular weight excluding hydrogens is 252 g/mol. The highest BCUT2D eigenvalue weighted by atomic mass is 16.5. The number of carboxylic acids is 1. The zero-order chi connectivity index (χ0) is 14.5. The summed E-state index contributed by atoms with van der Waals surface area (Å²) >= 11 is 0. The molecule has 3 heteroatoms. The number of ether oxygens (including phenoxy) is 1. The molecule has 0 radical (unpaired) electrons. The molecule has 0 aliphatic carbocycles. The summed E-state index contributed by atoms with van der Waals surface area (Å²) in [5.74, 6) is -0.454. The number of benzene rings is 2. The third kappa shape index (κ3) is 2.99. The third-order valence-corrected chi connectivity index (χ3v) is 3.27. The SMILES string of the molecule is CCc1ccc(C)c(C(=O)O)c1OCc1ccccc1. The Morgan fingerprint density at radius 2 is 1.85 bits per heavy atom. The minimum Gasteiger partial charge on any atom is -0.488 e. The summed E-state index contributed by atoms with van der Waals surface area (Å²) < 4.78 is 5.81. The predicted molar refractivity (Wildman–Crippen MR) is 78.3 cm³/mol. The van der Waals surface area contributed by atoms with Gasteiger partial charge in [0.15, 0.2) is 0 Å². The molecule has 0 aliphatic heterocycles. The van der Waals surface area contributed by atoms with Crippen molar-refractivity contribution in [1.29, 1.82) is 0 Å². The van der Waals surface area contributed by atoms with Gasteiger partial charge < -0.3 is 9.84 Å². The zero-order valence-electron chi connectivity index (χ0n) is 11.7. The Balaban J connectivity index is 2.34. The third-order valence-electron chi connectivity index (χ3n) is 3.27. The van der Waals surface area contributed by atoms with Crippen LogP contribution in [0.25, 0.3) is 0 Å². The van der Waals surface area contributed by atoms with Gasteiger partial charge >= 0.3 is 5.97 Å². The largest absolute Gasteiger partial charge is 0.488 e.